The van der Waals surface area contributed by atoms with E-state index in [4.69, 9.17) is 4.42 Å². The van der Waals surface area contributed by atoms with Gasteiger partial charge in [0.1, 0.15) is 11.2 Å². The summed E-state index contributed by atoms with van der Waals surface area (Å²) in [6.07, 6.45) is 0. The van der Waals surface area contributed by atoms with Crippen LogP contribution in [-0.2, 0) is 0 Å². The van der Waals surface area contributed by atoms with Crippen molar-refractivity contribution in [3.8, 4) is 33.4 Å². The number of benzene rings is 9. The van der Waals surface area contributed by atoms with Crippen molar-refractivity contribution in [3.63, 3.8) is 0 Å². The fourth-order valence-electron chi connectivity index (χ4n) is 7.67. The average Bonchev–Trinajstić information content (AvgIpc) is 3.60. The maximum Gasteiger partial charge on any atom is 0.136 e. The molecule has 9 aromatic carbocycles. The van der Waals surface area contributed by atoms with E-state index >= 15 is 0 Å². The van der Waals surface area contributed by atoms with Gasteiger partial charge < -0.3 is 9.32 Å². The summed E-state index contributed by atoms with van der Waals surface area (Å²) >= 11 is 0. The summed E-state index contributed by atoms with van der Waals surface area (Å²) in [6, 6.07) is 71.7. The van der Waals surface area contributed by atoms with Gasteiger partial charge in [0.05, 0.1) is 0 Å². The van der Waals surface area contributed by atoms with Crippen LogP contribution in [0.4, 0.5) is 17.1 Å². The van der Waals surface area contributed by atoms with Gasteiger partial charge in [-0.3, -0.25) is 0 Å². The highest BCUT2D eigenvalue weighted by atomic mass is 16.3. The molecule has 1 aromatic heterocycles. The molecule has 0 fully saturated rings. The Morgan fingerprint density at radius 2 is 0.846 bits per heavy atom. The third-order valence-electron chi connectivity index (χ3n) is 10.2. The molecule has 10 rings (SSSR count). The zero-order valence-electron chi connectivity index (χ0n) is 28.4. The van der Waals surface area contributed by atoms with Gasteiger partial charge >= 0.3 is 0 Å². The Bertz CT molecular complexity index is 2790. The monoisotopic (exact) mass is 663 g/mol. The van der Waals surface area contributed by atoms with Gasteiger partial charge in [-0.2, -0.15) is 0 Å². The van der Waals surface area contributed by atoms with E-state index in [2.05, 4.69) is 199 Å². The van der Waals surface area contributed by atoms with Gasteiger partial charge in [0.25, 0.3) is 0 Å². The maximum atomic E-state index is 6.51. The summed E-state index contributed by atoms with van der Waals surface area (Å²) < 4.78 is 6.51. The smallest absolute Gasteiger partial charge is 0.136 e. The average molecular weight is 664 g/mol. The zero-order valence-corrected chi connectivity index (χ0v) is 28.4. The highest BCUT2D eigenvalue weighted by Crippen LogP contribution is 2.44. The summed E-state index contributed by atoms with van der Waals surface area (Å²) in [4.78, 5) is 2.37. The van der Waals surface area contributed by atoms with E-state index in [0.717, 1.165) is 50.1 Å². The molecule has 0 amide bonds. The molecule has 1 heterocycles. The summed E-state index contributed by atoms with van der Waals surface area (Å²) in [5.74, 6) is 0. The molecular weight excluding hydrogens is 631 g/mol. The lowest BCUT2D eigenvalue weighted by molar-refractivity contribution is 0.669. The fourth-order valence-corrected chi connectivity index (χ4v) is 7.67. The zero-order chi connectivity index (χ0) is 34.4. The van der Waals surface area contributed by atoms with Gasteiger partial charge in [-0.05, 0) is 110 Å². The highest BCUT2D eigenvalue weighted by Gasteiger charge is 2.19. The maximum absolute atomic E-state index is 6.51. The Morgan fingerprint density at radius 3 is 1.52 bits per heavy atom. The van der Waals surface area contributed by atoms with Gasteiger partial charge in [-0.15, -0.1) is 0 Å². The lowest BCUT2D eigenvalue weighted by Crippen LogP contribution is -2.10. The number of anilines is 3. The molecule has 2 heteroatoms. The van der Waals surface area contributed by atoms with Crippen LogP contribution in [0.1, 0.15) is 0 Å². The molecule has 2 nitrogen and oxygen atoms in total. The van der Waals surface area contributed by atoms with Crippen LogP contribution in [0.3, 0.4) is 0 Å². The molecule has 0 unspecified atom stereocenters. The van der Waals surface area contributed by atoms with Crippen LogP contribution in [0.2, 0.25) is 0 Å². The van der Waals surface area contributed by atoms with Gasteiger partial charge in [0.2, 0.25) is 0 Å². The van der Waals surface area contributed by atoms with Crippen LogP contribution < -0.4 is 4.90 Å². The summed E-state index contributed by atoms with van der Waals surface area (Å²) in [5.41, 5.74) is 12.2. The van der Waals surface area contributed by atoms with Gasteiger partial charge in [-0.25, -0.2) is 0 Å². The van der Waals surface area contributed by atoms with Crippen molar-refractivity contribution in [2.45, 2.75) is 0 Å². The van der Waals surface area contributed by atoms with E-state index in [9.17, 15) is 0 Å². The van der Waals surface area contributed by atoms with Crippen molar-refractivity contribution in [2.24, 2.45) is 0 Å². The second-order valence-electron chi connectivity index (χ2n) is 13.3. The first kappa shape index (κ1) is 30.0. The molecule has 0 aliphatic rings. The Morgan fingerprint density at radius 1 is 0.308 bits per heavy atom. The minimum Gasteiger partial charge on any atom is -0.456 e. The fraction of sp³-hybridized carbons (Fsp3) is 0. The first-order valence-electron chi connectivity index (χ1n) is 17.8. The largest absolute Gasteiger partial charge is 0.456 e. The van der Waals surface area contributed by atoms with Gasteiger partial charge in [0, 0.05) is 27.8 Å². The van der Waals surface area contributed by atoms with Crippen LogP contribution in [0.25, 0.3) is 76.9 Å². The Balaban J connectivity index is 1.19. The first-order chi connectivity index (χ1) is 25.8. The van der Waals surface area contributed by atoms with E-state index in [-0.39, 0.29) is 0 Å². The third kappa shape index (κ3) is 5.21. The number of hydrogen-bond donors (Lipinski definition) is 0. The molecule has 52 heavy (non-hydrogen) atoms. The van der Waals surface area contributed by atoms with Crippen molar-refractivity contribution in [2.75, 3.05) is 4.90 Å². The molecule has 0 saturated heterocycles. The molecule has 10 aromatic rings. The van der Waals surface area contributed by atoms with Gasteiger partial charge in [-0.1, -0.05) is 146 Å². The summed E-state index contributed by atoms with van der Waals surface area (Å²) in [6.45, 7) is 0. The van der Waals surface area contributed by atoms with Crippen LogP contribution in [-0.4, -0.2) is 0 Å². The summed E-state index contributed by atoms with van der Waals surface area (Å²) in [5, 5.41) is 7.07. The minimum atomic E-state index is 0.898. The Hall–Kier alpha value is -6.90. The van der Waals surface area contributed by atoms with Crippen molar-refractivity contribution in [3.05, 3.63) is 200 Å². The number of hydrogen-bond acceptors (Lipinski definition) is 2. The molecule has 244 valence electrons. The molecule has 0 spiro atoms. The Kier molecular flexibility index (Phi) is 7.18. The number of rotatable bonds is 6. The van der Waals surface area contributed by atoms with Crippen molar-refractivity contribution >= 4 is 60.5 Å². The van der Waals surface area contributed by atoms with Crippen LogP contribution in [0.5, 0.6) is 0 Å². The van der Waals surface area contributed by atoms with Crippen LogP contribution in [0.15, 0.2) is 205 Å². The highest BCUT2D eigenvalue weighted by molar-refractivity contribution is 6.22. The molecule has 0 saturated carbocycles. The van der Waals surface area contributed by atoms with Gasteiger partial charge in [0.15, 0.2) is 0 Å². The minimum absolute atomic E-state index is 0.898. The van der Waals surface area contributed by atoms with Crippen molar-refractivity contribution in [1.29, 1.82) is 0 Å². The van der Waals surface area contributed by atoms with Crippen molar-refractivity contribution < 1.29 is 4.42 Å². The topological polar surface area (TPSA) is 16.4 Å². The Labute approximate surface area is 302 Å². The van der Waals surface area contributed by atoms with Crippen molar-refractivity contribution in [1.82, 2.24) is 0 Å². The van der Waals surface area contributed by atoms with E-state index in [0.29, 0.717) is 0 Å². The normalized spacial score (nSPS) is 11.5. The van der Waals surface area contributed by atoms with Crippen LogP contribution >= 0.6 is 0 Å². The van der Waals surface area contributed by atoms with E-state index in [1.54, 1.807) is 0 Å². The predicted octanol–water partition coefficient (Wildman–Crippen LogP) is 14.4. The first-order valence-corrected chi connectivity index (χ1v) is 17.8. The molecule has 0 atom stereocenters. The molecule has 0 aliphatic heterocycles. The van der Waals surface area contributed by atoms with E-state index in [1.165, 1.54) is 43.8 Å². The number of para-hydroxylation sites is 1. The summed E-state index contributed by atoms with van der Waals surface area (Å²) in [7, 11) is 0. The quantitative estimate of drug-likeness (QED) is 0.176. The number of furan rings is 1. The molecule has 0 N–H and O–H groups in total. The molecular formula is C50H33NO. The van der Waals surface area contributed by atoms with Crippen LogP contribution in [0, 0.1) is 0 Å². The second-order valence-corrected chi connectivity index (χ2v) is 13.3. The lowest BCUT2D eigenvalue weighted by Gasteiger charge is -2.27. The standard InChI is InChI=1S/C50H33NO/c1-3-11-34(12-4-1)37-21-25-41(26-22-37)51(42-27-23-38(24-28-42)35-13-5-2-6-14-35)43-29-30-44-47(32-43)46(40-20-19-36-15-7-8-16-39(36)31-40)33-49-50(44)45-17-9-10-18-48(45)52-49/h1-33H. The van der Waals surface area contributed by atoms with E-state index in [1.807, 2.05) is 6.07 Å². The molecule has 0 aliphatic carbocycles. The third-order valence-corrected chi connectivity index (χ3v) is 10.2. The lowest BCUT2D eigenvalue weighted by atomic mass is 9.93. The molecule has 0 radical (unpaired) electrons. The molecule has 0 bridgehead atoms. The number of fused-ring (bicyclic) bond motifs is 6. The number of nitrogens with zero attached hydrogens (tertiary/aromatic N) is 1. The second kappa shape index (κ2) is 12.5. The SMILES string of the molecule is c1ccc(-c2ccc(N(c3ccc(-c4ccccc4)cc3)c3ccc4c(c3)c(-c3ccc5ccccc5c3)cc3oc5ccccc5c34)cc2)cc1. The van der Waals surface area contributed by atoms with E-state index < -0.39 is 0 Å². The predicted molar refractivity (Wildman–Crippen MR) is 220 cm³/mol.